The molecule has 0 heterocycles. The van der Waals surface area contributed by atoms with Crippen molar-refractivity contribution in [2.75, 3.05) is 20.8 Å². The first-order chi connectivity index (χ1) is 13.3. The Morgan fingerprint density at radius 1 is 1.25 bits per heavy atom. The summed E-state index contributed by atoms with van der Waals surface area (Å²) >= 11 is 0. The van der Waals surface area contributed by atoms with Gasteiger partial charge in [0, 0.05) is 24.1 Å². The van der Waals surface area contributed by atoms with E-state index in [2.05, 4.69) is 6.07 Å². The van der Waals surface area contributed by atoms with Crippen molar-refractivity contribution in [3.8, 4) is 17.6 Å². The van der Waals surface area contributed by atoms with Gasteiger partial charge in [0.1, 0.15) is 5.78 Å². The summed E-state index contributed by atoms with van der Waals surface area (Å²) in [7, 11) is 3.04. The Balaban J connectivity index is 2.51. The molecule has 0 spiro atoms. The number of ketones is 1. The Morgan fingerprint density at radius 3 is 2.50 bits per heavy atom. The number of nitrogens with zero attached hydrogens (tertiary/aromatic N) is 1. The lowest BCUT2D eigenvalue weighted by Crippen LogP contribution is -2.24. The van der Waals surface area contributed by atoms with Crippen LogP contribution in [0, 0.1) is 11.3 Å². The van der Waals surface area contributed by atoms with Gasteiger partial charge in [-0.25, -0.2) is 4.79 Å². The van der Waals surface area contributed by atoms with E-state index in [1.165, 1.54) is 21.1 Å². The molecule has 7 nitrogen and oxygen atoms in total. The van der Waals surface area contributed by atoms with E-state index in [1.54, 1.807) is 25.1 Å². The van der Waals surface area contributed by atoms with Crippen LogP contribution < -0.4 is 15.2 Å². The minimum Gasteiger partial charge on any atom is -0.493 e. The number of hydrogen-bond acceptors (Lipinski definition) is 7. The summed E-state index contributed by atoms with van der Waals surface area (Å²) in [4.78, 5) is 23.9. The van der Waals surface area contributed by atoms with E-state index in [0.717, 1.165) is 5.57 Å². The van der Waals surface area contributed by atoms with Gasteiger partial charge >= 0.3 is 5.97 Å². The van der Waals surface area contributed by atoms with Gasteiger partial charge in [-0.05, 0) is 31.5 Å². The highest BCUT2D eigenvalue weighted by atomic mass is 16.5. The van der Waals surface area contributed by atoms with Crippen molar-refractivity contribution in [3.63, 3.8) is 0 Å². The fourth-order valence-corrected chi connectivity index (χ4v) is 3.21. The van der Waals surface area contributed by atoms with E-state index in [9.17, 15) is 14.9 Å². The van der Waals surface area contributed by atoms with Gasteiger partial charge in [-0.15, -0.1) is 0 Å². The van der Waals surface area contributed by atoms with Gasteiger partial charge in [0.15, 0.2) is 11.5 Å². The monoisotopic (exact) mass is 384 g/mol. The van der Waals surface area contributed by atoms with Gasteiger partial charge in [-0.1, -0.05) is 11.6 Å². The molecule has 2 rings (SSSR count). The van der Waals surface area contributed by atoms with E-state index in [-0.39, 0.29) is 18.8 Å². The second kappa shape index (κ2) is 9.09. The Hall–Kier alpha value is -3.27. The summed E-state index contributed by atoms with van der Waals surface area (Å²) in [5, 5.41) is 9.69. The molecule has 0 bridgehead atoms. The second-order valence-corrected chi connectivity index (χ2v) is 6.56. The van der Waals surface area contributed by atoms with Crippen molar-refractivity contribution in [2.24, 2.45) is 5.73 Å². The Labute approximate surface area is 164 Å². The molecular formula is C21H24N2O5. The third-order valence-electron chi connectivity index (χ3n) is 4.61. The number of nitriles is 1. The maximum absolute atomic E-state index is 12.8. The van der Waals surface area contributed by atoms with Gasteiger partial charge in [-0.3, -0.25) is 4.79 Å². The summed E-state index contributed by atoms with van der Waals surface area (Å²) in [6.45, 7) is 3.21. The van der Waals surface area contributed by atoms with Crippen molar-refractivity contribution in [1.29, 1.82) is 5.26 Å². The van der Waals surface area contributed by atoms with Gasteiger partial charge in [0.2, 0.25) is 0 Å². The van der Waals surface area contributed by atoms with Crippen molar-refractivity contribution in [2.45, 2.75) is 32.6 Å². The third kappa shape index (κ3) is 4.34. The van der Waals surface area contributed by atoms with Crippen LogP contribution in [0.3, 0.4) is 0 Å². The predicted octanol–water partition coefficient (Wildman–Crippen LogP) is 2.77. The molecule has 1 aliphatic carbocycles. The molecule has 0 saturated carbocycles. The molecule has 1 aromatic rings. The summed E-state index contributed by atoms with van der Waals surface area (Å²) in [6, 6.07) is 7.32. The number of allylic oxidation sites excluding steroid dienone is 2. The van der Waals surface area contributed by atoms with E-state index in [4.69, 9.17) is 19.9 Å². The molecule has 148 valence electrons. The molecule has 0 fully saturated rings. The highest BCUT2D eigenvalue weighted by Crippen LogP contribution is 2.42. The van der Waals surface area contributed by atoms with Gasteiger partial charge in [0.25, 0.3) is 0 Å². The number of esters is 1. The molecule has 1 aliphatic rings. The summed E-state index contributed by atoms with van der Waals surface area (Å²) in [5.41, 5.74) is 8.58. The van der Waals surface area contributed by atoms with Crippen LogP contribution in [0.1, 0.15) is 38.2 Å². The van der Waals surface area contributed by atoms with Crippen LogP contribution in [0.15, 0.2) is 40.6 Å². The first-order valence-electron chi connectivity index (χ1n) is 8.80. The number of methoxy groups -OCH3 is 2. The molecule has 1 atom stereocenters. The van der Waals surface area contributed by atoms with Crippen LogP contribution in [-0.4, -0.2) is 32.6 Å². The average molecular weight is 384 g/mol. The molecule has 7 heteroatoms. The minimum absolute atomic E-state index is 0.00924. The number of Topliss-reactive ketones (excluding diaryl/α,β-unsaturated/α-hetero) is 1. The molecule has 1 unspecified atom stereocenters. The number of carbonyl (C=O) groups excluding carboxylic acids is 2. The first kappa shape index (κ1) is 21.0. The van der Waals surface area contributed by atoms with Crippen LogP contribution in [0.4, 0.5) is 0 Å². The highest BCUT2D eigenvalue weighted by Gasteiger charge is 2.35. The number of ether oxygens (including phenoxy) is 3. The molecule has 28 heavy (non-hydrogen) atoms. The normalized spacial score (nSPS) is 16.5. The molecule has 2 N–H and O–H groups in total. The molecule has 0 amide bonds. The largest absolute Gasteiger partial charge is 0.493 e. The standard InChI is InChI=1S/C21H24N2O5/c1-12-9-16(23)15(11-22)20(19(12)21(25)28-8-7-13(2)24)14-5-6-17(26-3)18(10-14)27-4/h5-6,10,20H,7-9,23H2,1-4H3. The van der Waals surface area contributed by atoms with Crippen LogP contribution in [0.2, 0.25) is 0 Å². The van der Waals surface area contributed by atoms with Crippen LogP contribution in [0.25, 0.3) is 0 Å². The van der Waals surface area contributed by atoms with Crippen molar-refractivity contribution >= 4 is 11.8 Å². The lowest BCUT2D eigenvalue weighted by atomic mass is 9.77. The first-order valence-corrected chi connectivity index (χ1v) is 8.80. The van der Waals surface area contributed by atoms with Gasteiger partial charge in [-0.2, -0.15) is 5.26 Å². The summed E-state index contributed by atoms with van der Waals surface area (Å²) < 4.78 is 15.9. The van der Waals surface area contributed by atoms with E-state index in [1.807, 2.05) is 0 Å². The number of rotatable bonds is 7. The van der Waals surface area contributed by atoms with Crippen LogP contribution >= 0.6 is 0 Å². The minimum atomic E-state index is -0.677. The fourth-order valence-electron chi connectivity index (χ4n) is 3.21. The molecule has 0 aromatic heterocycles. The lowest BCUT2D eigenvalue weighted by molar-refractivity contribution is -0.140. The zero-order valence-electron chi connectivity index (χ0n) is 16.5. The van der Waals surface area contributed by atoms with E-state index in [0.29, 0.717) is 40.3 Å². The fraction of sp³-hybridized carbons (Fsp3) is 0.381. The third-order valence-corrected chi connectivity index (χ3v) is 4.61. The summed E-state index contributed by atoms with van der Waals surface area (Å²) in [5.74, 6) is -0.296. The van der Waals surface area contributed by atoms with E-state index < -0.39 is 11.9 Å². The highest BCUT2D eigenvalue weighted by molar-refractivity contribution is 5.93. The Bertz CT molecular complexity index is 893. The predicted molar refractivity (Wildman–Crippen MR) is 103 cm³/mol. The summed E-state index contributed by atoms with van der Waals surface area (Å²) in [6.07, 6.45) is 0.450. The topological polar surface area (TPSA) is 112 Å². The van der Waals surface area contributed by atoms with Crippen molar-refractivity contribution in [3.05, 3.63) is 46.2 Å². The maximum atomic E-state index is 12.8. The maximum Gasteiger partial charge on any atom is 0.334 e. The smallest absolute Gasteiger partial charge is 0.334 e. The van der Waals surface area contributed by atoms with Crippen LogP contribution in [0.5, 0.6) is 11.5 Å². The zero-order chi connectivity index (χ0) is 20.8. The zero-order valence-corrected chi connectivity index (χ0v) is 16.5. The van der Waals surface area contributed by atoms with E-state index >= 15 is 0 Å². The van der Waals surface area contributed by atoms with Crippen LogP contribution in [-0.2, 0) is 14.3 Å². The van der Waals surface area contributed by atoms with Crippen molar-refractivity contribution in [1.82, 2.24) is 0 Å². The Kier molecular flexibility index (Phi) is 6.83. The number of nitrogens with two attached hydrogens (primary N) is 1. The SMILES string of the molecule is COc1ccc(C2C(C#N)=C(N)CC(C)=C2C(=O)OCCC(C)=O)cc1OC. The van der Waals surface area contributed by atoms with Crippen molar-refractivity contribution < 1.29 is 23.8 Å². The average Bonchev–Trinajstić information content (AvgIpc) is 2.66. The second-order valence-electron chi connectivity index (χ2n) is 6.56. The molecule has 1 aromatic carbocycles. The number of carbonyl (C=O) groups is 2. The Morgan fingerprint density at radius 2 is 1.93 bits per heavy atom. The lowest BCUT2D eigenvalue weighted by Gasteiger charge is -2.27. The molecule has 0 radical (unpaired) electrons. The number of hydrogen-bond donors (Lipinski definition) is 1. The number of benzene rings is 1. The molecule has 0 aliphatic heterocycles. The van der Waals surface area contributed by atoms with Gasteiger partial charge < -0.3 is 19.9 Å². The quantitative estimate of drug-likeness (QED) is 0.719. The molecular weight excluding hydrogens is 360 g/mol. The van der Waals surface area contributed by atoms with Gasteiger partial charge in [0.05, 0.1) is 38.4 Å². The molecule has 0 saturated heterocycles.